The van der Waals surface area contributed by atoms with E-state index in [1.807, 2.05) is 12.5 Å². The van der Waals surface area contributed by atoms with Gasteiger partial charge in [-0.3, -0.25) is 0 Å². The standard InChI is InChI=1S/C14H25N3/c1-10(2)13(15)12-7-16-9-17(12)8-14(5-6-14)11(3)4/h7,9-11,13H,5-6,8,15H2,1-4H3. The van der Waals surface area contributed by atoms with Crippen molar-refractivity contribution in [1.82, 2.24) is 9.55 Å². The molecule has 1 saturated carbocycles. The predicted molar refractivity (Wildman–Crippen MR) is 70.5 cm³/mol. The van der Waals surface area contributed by atoms with Crippen LogP contribution in [-0.4, -0.2) is 9.55 Å². The third-order valence-electron chi connectivity index (χ3n) is 4.41. The fourth-order valence-corrected chi connectivity index (χ4v) is 2.50. The van der Waals surface area contributed by atoms with E-state index >= 15 is 0 Å². The Labute approximate surface area is 104 Å². The minimum Gasteiger partial charge on any atom is -0.333 e. The summed E-state index contributed by atoms with van der Waals surface area (Å²) in [6.07, 6.45) is 6.57. The van der Waals surface area contributed by atoms with Crippen LogP contribution in [0.3, 0.4) is 0 Å². The van der Waals surface area contributed by atoms with Gasteiger partial charge in [-0.2, -0.15) is 0 Å². The van der Waals surface area contributed by atoms with Gasteiger partial charge in [0.1, 0.15) is 0 Å². The van der Waals surface area contributed by atoms with Crippen LogP contribution in [0, 0.1) is 17.3 Å². The third-order valence-corrected chi connectivity index (χ3v) is 4.41. The Hall–Kier alpha value is -0.830. The highest BCUT2D eigenvalue weighted by molar-refractivity contribution is 5.08. The van der Waals surface area contributed by atoms with E-state index in [0.29, 0.717) is 11.3 Å². The van der Waals surface area contributed by atoms with Crippen molar-refractivity contribution in [3.63, 3.8) is 0 Å². The number of nitrogens with zero attached hydrogens (tertiary/aromatic N) is 2. The van der Waals surface area contributed by atoms with Crippen molar-refractivity contribution in [2.45, 2.75) is 53.1 Å². The van der Waals surface area contributed by atoms with Crippen molar-refractivity contribution in [2.24, 2.45) is 23.0 Å². The number of aromatic nitrogens is 2. The first kappa shape index (κ1) is 12.6. The minimum atomic E-state index is 0.0977. The van der Waals surface area contributed by atoms with E-state index in [2.05, 4.69) is 37.2 Å². The van der Waals surface area contributed by atoms with Crippen LogP contribution in [0.25, 0.3) is 0 Å². The zero-order valence-corrected chi connectivity index (χ0v) is 11.5. The lowest BCUT2D eigenvalue weighted by Crippen LogP contribution is -2.24. The normalized spacial score (nSPS) is 19.9. The van der Waals surface area contributed by atoms with Crippen LogP contribution in [0.1, 0.15) is 52.3 Å². The quantitative estimate of drug-likeness (QED) is 0.852. The molecule has 0 amide bonds. The zero-order chi connectivity index (χ0) is 12.6. The Bertz CT molecular complexity index is 375. The second kappa shape index (κ2) is 4.45. The Balaban J connectivity index is 2.15. The van der Waals surface area contributed by atoms with Gasteiger partial charge in [0.15, 0.2) is 0 Å². The van der Waals surface area contributed by atoms with Gasteiger partial charge in [0.25, 0.3) is 0 Å². The van der Waals surface area contributed by atoms with E-state index in [1.54, 1.807) is 0 Å². The van der Waals surface area contributed by atoms with Crippen molar-refractivity contribution in [3.05, 3.63) is 18.2 Å². The Morgan fingerprint density at radius 2 is 2.00 bits per heavy atom. The third kappa shape index (κ3) is 2.39. The van der Waals surface area contributed by atoms with E-state index in [4.69, 9.17) is 5.73 Å². The van der Waals surface area contributed by atoms with Crippen LogP contribution in [0.2, 0.25) is 0 Å². The molecule has 1 aromatic heterocycles. The van der Waals surface area contributed by atoms with Gasteiger partial charge in [-0.25, -0.2) is 4.98 Å². The molecule has 17 heavy (non-hydrogen) atoms. The first-order valence-electron chi connectivity index (χ1n) is 6.72. The first-order chi connectivity index (χ1) is 7.96. The average molecular weight is 235 g/mol. The van der Waals surface area contributed by atoms with Gasteiger partial charge in [-0.05, 0) is 30.1 Å². The molecule has 0 radical (unpaired) electrons. The molecule has 1 heterocycles. The molecule has 0 aliphatic heterocycles. The Morgan fingerprint density at radius 3 is 2.47 bits per heavy atom. The molecule has 0 aromatic carbocycles. The van der Waals surface area contributed by atoms with E-state index in [1.165, 1.54) is 18.5 Å². The fourth-order valence-electron chi connectivity index (χ4n) is 2.50. The van der Waals surface area contributed by atoms with E-state index < -0.39 is 0 Å². The smallest absolute Gasteiger partial charge is 0.0948 e. The second-order valence-electron chi connectivity index (χ2n) is 6.23. The number of hydrogen-bond donors (Lipinski definition) is 1. The topological polar surface area (TPSA) is 43.8 Å². The minimum absolute atomic E-state index is 0.0977. The van der Waals surface area contributed by atoms with Gasteiger partial charge in [0.05, 0.1) is 12.0 Å². The lowest BCUT2D eigenvalue weighted by Gasteiger charge is -2.24. The summed E-state index contributed by atoms with van der Waals surface area (Å²) >= 11 is 0. The van der Waals surface area contributed by atoms with Crippen molar-refractivity contribution < 1.29 is 0 Å². The molecule has 1 unspecified atom stereocenters. The van der Waals surface area contributed by atoms with Gasteiger partial charge in [-0.1, -0.05) is 27.7 Å². The van der Waals surface area contributed by atoms with Crippen LogP contribution < -0.4 is 5.73 Å². The molecule has 2 rings (SSSR count). The maximum atomic E-state index is 6.24. The molecule has 0 saturated heterocycles. The van der Waals surface area contributed by atoms with Gasteiger partial charge >= 0.3 is 0 Å². The van der Waals surface area contributed by atoms with Gasteiger partial charge in [0.2, 0.25) is 0 Å². The summed E-state index contributed by atoms with van der Waals surface area (Å²) in [6, 6.07) is 0.0977. The molecular weight excluding hydrogens is 210 g/mol. The van der Waals surface area contributed by atoms with Crippen molar-refractivity contribution in [1.29, 1.82) is 0 Å². The van der Waals surface area contributed by atoms with E-state index in [-0.39, 0.29) is 6.04 Å². The summed E-state index contributed by atoms with van der Waals surface area (Å²) in [4.78, 5) is 4.28. The highest BCUT2D eigenvalue weighted by atomic mass is 15.1. The Morgan fingerprint density at radius 1 is 1.35 bits per heavy atom. The molecule has 1 atom stereocenters. The summed E-state index contributed by atoms with van der Waals surface area (Å²) in [6.45, 7) is 10.1. The number of imidazole rings is 1. The maximum Gasteiger partial charge on any atom is 0.0948 e. The number of rotatable bonds is 5. The largest absolute Gasteiger partial charge is 0.333 e. The number of hydrogen-bond acceptors (Lipinski definition) is 2. The molecule has 96 valence electrons. The van der Waals surface area contributed by atoms with Crippen LogP contribution in [0.15, 0.2) is 12.5 Å². The lowest BCUT2D eigenvalue weighted by molar-refractivity contribution is 0.300. The molecule has 2 N–H and O–H groups in total. The van der Waals surface area contributed by atoms with Crippen molar-refractivity contribution in [2.75, 3.05) is 0 Å². The van der Waals surface area contributed by atoms with Gasteiger partial charge in [-0.15, -0.1) is 0 Å². The summed E-state index contributed by atoms with van der Waals surface area (Å²) < 4.78 is 2.28. The van der Waals surface area contributed by atoms with Crippen LogP contribution in [0.5, 0.6) is 0 Å². The van der Waals surface area contributed by atoms with Crippen molar-refractivity contribution >= 4 is 0 Å². The zero-order valence-electron chi connectivity index (χ0n) is 11.5. The van der Waals surface area contributed by atoms with Crippen LogP contribution >= 0.6 is 0 Å². The fraction of sp³-hybridized carbons (Fsp3) is 0.786. The van der Waals surface area contributed by atoms with Gasteiger partial charge in [0, 0.05) is 18.8 Å². The van der Waals surface area contributed by atoms with Crippen LogP contribution in [0.4, 0.5) is 0 Å². The monoisotopic (exact) mass is 235 g/mol. The summed E-state index contributed by atoms with van der Waals surface area (Å²) in [5.74, 6) is 1.20. The molecule has 0 spiro atoms. The van der Waals surface area contributed by atoms with E-state index in [0.717, 1.165) is 12.5 Å². The first-order valence-corrected chi connectivity index (χ1v) is 6.72. The SMILES string of the molecule is CC(C)C(N)c1cncn1CC1(C(C)C)CC1. The Kier molecular flexibility index (Phi) is 3.30. The molecule has 3 heteroatoms. The molecule has 1 aromatic rings. The summed E-state index contributed by atoms with van der Waals surface area (Å²) in [5, 5.41) is 0. The summed E-state index contributed by atoms with van der Waals surface area (Å²) in [5.41, 5.74) is 7.93. The highest BCUT2D eigenvalue weighted by Crippen LogP contribution is 2.53. The molecule has 1 aliphatic carbocycles. The number of nitrogens with two attached hydrogens (primary N) is 1. The lowest BCUT2D eigenvalue weighted by atomic mass is 9.92. The molecule has 3 nitrogen and oxygen atoms in total. The predicted octanol–water partition coefficient (Wildman–Crippen LogP) is 2.98. The second-order valence-corrected chi connectivity index (χ2v) is 6.23. The molecule has 1 aliphatic rings. The highest BCUT2D eigenvalue weighted by Gasteiger charge is 2.45. The summed E-state index contributed by atoms with van der Waals surface area (Å²) in [7, 11) is 0. The molecular formula is C14H25N3. The van der Waals surface area contributed by atoms with Crippen molar-refractivity contribution in [3.8, 4) is 0 Å². The van der Waals surface area contributed by atoms with E-state index in [9.17, 15) is 0 Å². The molecule has 0 bridgehead atoms. The molecule has 1 fully saturated rings. The average Bonchev–Trinajstić information content (AvgIpc) is 2.89. The van der Waals surface area contributed by atoms with Gasteiger partial charge < -0.3 is 10.3 Å². The van der Waals surface area contributed by atoms with Crippen LogP contribution in [-0.2, 0) is 6.54 Å². The maximum absolute atomic E-state index is 6.24.